The number of aromatic nitrogens is 1. The Labute approximate surface area is 137 Å². The quantitative estimate of drug-likeness (QED) is 0.869. The minimum Gasteiger partial charge on any atom is -0.354 e. The van der Waals surface area contributed by atoms with Crippen LogP contribution in [-0.2, 0) is 14.8 Å². The Morgan fingerprint density at radius 2 is 1.96 bits per heavy atom. The molecule has 1 atom stereocenters. The number of hydrogen-bond donors (Lipinski definition) is 1. The SMILES string of the molecule is CCC(C)C(=O)Nc1ccc(N2CCN(S(C)(=O)=O)CC2)nc1. The fraction of sp³-hybridized carbons (Fsp3) is 0.600. The number of piperazine rings is 1. The first kappa shape index (κ1) is 17.7. The van der Waals surface area contributed by atoms with Crippen LogP contribution in [0.25, 0.3) is 0 Å². The van der Waals surface area contributed by atoms with Crippen LogP contribution in [0.2, 0.25) is 0 Å². The van der Waals surface area contributed by atoms with Gasteiger partial charge in [0.2, 0.25) is 15.9 Å². The number of hydrogen-bond acceptors (Lipinski definition) is 5. The summed E-state index contributed by atoms with van der Waals surface area (Å²) in [6.07, 6.45) is 3.66. The van der Waals surface area contributed by atoms with Gasteiger partial charge in [-0.2, -0.15) is 4.31 Å². The third-order valence-corrected chi connectivity index (χ3v) is 5.41. The highest BCUT2D eigenvalue weighted by Crippen LogP contribution is 2.17. The van der Waals surface area contributed by atoms with Gasteiger partial charge in [0.15, 0.2) is 0 Å². The summed E-state index contributed by atoms with van der Waals surface area (Å²) in [5.41, 5.74) is 0.675. The summed E-state index contributed by atoms with van der Waals surface area (Å²) >= 11 is 0. The highest BCUT2D eigenvalue weighted by Gasteiger charge is 2.23. The molecule has 1 unspecified atom stereocenters. The summed E-state index contributed by atoms with van der Waals surface area (Å²) in [7, 11) is -3.12. The third-order valence-electron chi connectivity index (χ3n) is 4.11. The van der Waals surface area contributed by atoms with Gasteiger partial charge < -0.3 is 10.2 Å². The van der Waals surface area contributed by atoms with Crippen LogP contribution < -0.4 is 10.2 Å². The van der Waals surface area contributed by atoms with Gasteiger partial charge in [0.1, 0.15) is 5.82 Å². The highest BCUT2D eigenvalue weighted by atomic mass is 32.2. The van der Waals surface area contributed by atoms with E-state index in [1.807, 2.05) is 30.9 Å². The molecule has 1 amide bonds. The van der Waals surface area contributed by atoms with Gasteiger partial charge in [-0.3, -0.25) is 4.79 Å². The number of rotatable bonds is 5. The van der Waals surface area contributed by atoms with Crippen LogP contribution in [0, 0.1) is 5.92 Å². The minimum atomic E-state index is -3.12. The maximum Gasteiger partial charge on any atom is 0.227 e. The molecule has 1 aromatic heterocycles. The predicted molar refractivity (Wildman–Crippen MR) is 91.0 cm³/mol. The van der Waals surface area contributed by atoms with Crippen molar-refractivity contribution in [2.75, 3.05) is 42.7 Å². The largest absolute Gasteiger partial charge is 0.354 e. The van der Waals surface area contributed by atoms with E-state index in [4.69, 9.17) is 0 Å². The van der Waals surface area contributed by atoms with Crippen LogP contribution in [-0.4, -0.2) is 56.0 Å². The Bertz CT molecular complexity index is 637. The summed E-state index contributed by atoms with van der Waals surface area (Å²) in [4.78, 5) is 18.3. The predicted octanol–water partition coefficient (Wildman–Crippen LogP) is 1.15. The van der Waals surface area contributed by atoms with E-state index in [0.29, 0.717) is 31.9 Å². The zero-order chi connectivity index (χ0) is 17.0. The second kappa shape index (κ2) is 7.27. The molecule has 0 radical (unpaired) electrons. The highest BCUT2D eigenvalue weighted by molar-refractivity contribution is 7.88. The van der Waals surface area contributed by atoms with Crippen molar-refractivity contribution >= 4 is 27.4 Å². The van der Waals surface area contributed by atoms with E-state index in [2.05, 4.69) is 10.3 Å². The summed E-state index contributed by atoms with van der Waals surface area (Å²) in [6, 6.07) is 3.67. The van der Waals surface area contributed by atoms with Crippen LogP contribution in [0.5, 0.6) is 0 Å². The van der Waals surface area contributed by atoms with E-state index in [1.54, 1.807) is 6.20 Å². The van der Waals surface area contributed by atoms with Gasteiger partial charge in [-0.15, -0.1) is 0 Å². The van der Waals surface area contributed by atoms with Crippen molar-refractivity contribution in [3.05, 3.63) is 18.3 Å². The lowest BCUT2D eigenvalue weighted by Gasteiger charge is -2.34. The smallest absolute Gasteiger partial charge is 0.227 e. The molecular formula is C15H24N4O3S. The van der Waals surface area contributed by atoms with Gasteiger partial charge in [0.05, 0.1) is 18.1 Å². The first-order valence-corrected chi connectivity index (χ1v) is 9.63. The van der Waals surface area contributed by atoms with Gasteiger partial charge in [-0.1, -0.05) is 13.8 Å². The van der Waals surface area contributed by atoms with Crippen molar-refractivity contribution in [3.63, 3.8) is 0 Å². The molecule has 1 aliphatic heterocycles. The molecule has 1 N–H and O–H groups in total. The van der Waals surface area contributed by atoms with Crippen LogP contribution in [0.4, 0.5) is 11.5 Å². The minimum absolute atomic E-state index is 0.0104. The zero-order valence-electron chi connectivity index (χ0n) is 13.8. The van der Waals surface area contributed by atoms with E-state index >= 15 is 0 Å². The Kier molecular flexibility index (Phi) is 5.59. The van der Waals surface area contributed by atoms with E-state index in [-0.39, 0.29) is 11.8 Å². The van der Waals surface area contributed by atoms with Crippen molar-refractivity contribution in [2.24, 2.45) is 5.92 Å². The van der Waals surface area contributed by atoms with E-state index < -0.39 is 10.0 Å². The fourth-order valence-electron chi connectivity index (χ4n) is 2.35. The van der Waals surface area contributed by atoms with Crippen molar-refractivity contribution in [3.8, 4) is 0 Å². The van der Waals surface area contributed by atoms with Crippen LogP contribution >= 0.6 is 0 Å². The van der Waals surface area contributed by atoms with E-state index in [1.165, 1.54) is 10.6 Å². The Morgan fingerprint density at radius 3 is 2.43 bits per heavy atom. The van der Waals surface area contributed by atoms with E-state index in [0.717, 1.165) is 12.2 Å². The molecule has 23 heavy (non-hydrogen) atoms. The normalized spacial score (nSPS) is 17.8. The summed E-state index contributed by atoms with van der Waals surface area (Å²) in [6.45, 7) is 6.01. The Balaban J connectivity index is 1.94. The molecule has 1 saturated heterocycles. The lowest BCUT2D eigenvalue weighted by Crippen LogP contribution is -2.48. The summed E-state index contributed by atoms with van der Waals surface area (Å²) in [5, 5.41) is 2.84. The van der Waals surface area contributed by atoms with Gasteiger partial charge >= 0.3 is 0 Å². The first-order valence-electron chi connectivity index (χ1n) is 7.78. The number of carbonyl (C=O) groups excluding carboxylic acids is 1. The topological polar surface area (TPSA) is 82.6 Å². The average molecular weight is 340 g/mol. The van der Waals surface area contributed by atoms with Crippen molar-refractivity contribution in [1.29, 1.82) is 0 Å². The number of sulfonamides is 1. The molecule has 0 bridgehead atoms. The van der Waals surface area contributed by atoms with Crippen molar-refractivity contribution < 1.29 is 13.2 Å². The second-order valence-corrected chi connectivity index (χ2v) is 7.84. The summed E-state index contributed by atoms with van der Waals surface area (Å²) < 4.78 is 24.5. The standard InChI is InChI=1S/C15H24N4O3S/c1-4-12(2)15(20)17-13-5-6-14(16-11-13)18-7-9-19(10-8-18)23(3,21)22/h5-6,11-12H,4,7-10H2,1-3H3,(H,17,20). The lowest BCUT2D eigenvalue weighted by molar-refractivity contribution is -0.119. The molecule has 0 aromatic carbocycles. The maximum atomic E-state index is 11.8. The average Bonchev–Trinajstić information content (AvgIpc) is 2.54. The number of pyridine rings is 1. The number of anilines is 2. The fourth-order valence-corrected chi connectivity index (χ4v) is 3.17. The zero-order valence-corrected chi connectivity index (χ0v) is 14.6. The molecule has 7 nitrogen and oxygen atoms in total. The van der Waals surface area contributed by atoms with E-state index in [9.17, 15) is 13.2 Å². The molecule has 0 saturated carbocycles. The number of amides is 1. The monoisotopic (exact) mass is 340 g/mol. The molecule has 0 aliphatic carbocycles. The maximum absolute atomic E-state index is 11.8. The lowest BCUT2D eigenvalue weighted by atomic mass is 10.1. The van der Waals surface area contributed by atoms with Gasteiger partial charge in [-0.25, -0.2) is 13.4 Å². The summed E-state index contributed by atoms with van der Waals surface area (Å²) in [5.74, 6) is 0.752. The molecule has 1 aromatic rings. The molecule has 1 fully saturated rings. The molecular weight excluding hydrogens is 316 g/mol. The van der Waals surface area contributed by atoms with Crippen LogP contribution in [0.15, 0.2) is 18.3 Å². The number of nitrogens with one attached hydrogen (secondary N) is 1. The van der Waals surface area contributed by atoms with Crippen LogP contribution in [0.1, 0.15) is 20.3 Å². The van der Waals surface area contributed by atoms with Gasteiger partial charge in [-0.05, 0) is 18.6 Å². The molecule has 128 valence electrons. The molecule has 2 heterocycles. The molecule has 2 rings (SSSR count). The Morgan fingerprint density at radius 1 is 1.30 bits per heavy atom. The van der Waals surface area contributed by atoms with Crippen LogP contribution in [0.3, 0.4) is 0 Å². The second-order valence-electron chi connectivity index (χ2n) is 5.85. The first-order chi connectivity index (χ1) is 10.8. The third kappa shape index (κ3) is 4.65. The number of carbonyl (C=O) groups is 1. The molecule has 8 heteroatoms. The van der Waals surface area contributed by atoms with Gasteiger partial charge in [0, 0.05) is 32.1 Å². The number of nitrogens with zero attached hydrogens (tertiary/aromatic N) is 3. The van der Waals surface area contributed by atoms with Gasteiger partial charge in [0.25, 0.3) is 0 Å². The molecule has 0 spiro atoms. The molecule has 1 aliphatic rings. The van der Waals surface area contributed by atoms with Crippen molar-refractivity contribution in [1.82, 2.24) is 9.29 Å². The Hall–Kier alpha value is -1.67. The van der Waals surface area contributed by atoms with Crippen molar-refractivity contribution in [2.45, 2.75) is 20.3 Å².